The second-order valence-electron chi connectivity index (χ2n) is 4.95. The molecule has 0 aliphatic carbocycles. The first-order valence-electron chi connectivity index (χ1n) is 6.69. The molecule has 0 fully saturated rings. The molecule has 0 spiro atoms. The normalized spacial score (nSPS) is 12.7. The second-order valence-corrected chi connectivity index (χ2v) is 9.28. The maximum Gasteiger partial charge on any atom is 0.265 e. The van der Waals surface area contributed by atoms with E-state index in [1.165, 1.54) is 31.2 Å². The molecule has 0 bridgehead atoms. The summed E-state index contributed by atoms with van der Waals surface area (Å²) in [5, 5.41) is -0.616. The van der Waals surface area contributed by atoms with E-state index < -0.39 is 21.3 Å². The molecule has 2 rings (SSSR count). The Morgan fingerprint density at radius 2 is 1.56 bits per heavy atom. The monoisotopic (exact) mass is 503 g/mol. The van der Waals surface area contributed by atoms with Gasteiger partial charge in [-0.05, 0) is 54.9 Å². The van der Waals surface area contributed by atoms with E-state index >= 15 is 0 Å². The summed E-state index contributed by atoms with van der Waals surface area (Å²) in [6.07, 6.45) is 0. The van der Waals surface area contributed by atoms with Gasteiger partial charge >= 0.3 is 0 Å². The van der Waals surface area contributed by atoms with Crippen LogP contribution >= 0.6 is 62.3 Å². The highest BCUT2D eigenvalue weighted by Gasteiger charge is 2.34. The van der Waals surface area contributed by atoms with Gasteiger partial charge in [0.15, 0.2) is 0 Å². The summed E-state index contributed by atoms with van der Waals surface area (Å²) in [6.45, 7) is 1.35. The number of sulfonamides is 1. The molecule has 0 saturated heterocycles. The summed E-state index contributed by atoms with van der Waals surface area (Å²) in [5.74, 6) is 0. The van der Waals surface area contributed by atoms with Crippen molar-refractivity contribution in [3.8, 4) is 0 Å². The summed E-state index contributed by atoms with van der Waals surface area (Å²) in [5.41, 5.74) is 0.000449. The summed E-state index contributed by atoms with van der Waals surface area (Å²) in [6, 6.07) is 7.27. The Morgan fingerprint density at radius 3 is 2.08 bits per heavy atom. The highest BCUT2D eigenvalue weighted by molar-refractivity contribution is 9.10. The van der Waals surface area contributed by atoms with Crippen LogP contribution in [-0.2, 0) is 14.8 Å². The Bertz CT molecular complexity index is 919. The zero-order chi connectivity index (χ0) is 18.9. The average molecular weight is 506 g/mol. The summed E-state index contributed by atoms with van der Waals surface area (Å²) < 4.78 is 27.7. The molecule has 0 N–H and O–H groups in total. The van der Waals surface area contributed by atoms with E-state index in [1.54, 1.807) is 12.1 Å². The van der Waals surface area contributed by atoms with E-state index in [0.29, 0.717) is 4.47 Å². The predicted octanol–water partition coefficient (Wildman–Crippen LogP) is 5.76. The van der Waals surface area contributed by atoms with Crippen molar-refractivity contribution in [3.05, 3.63) is 55.9 Å². The van der Waals surface area contributed by atoms with Gasteiger partial charge in [-0.3, -0.25) is 9.10 Å². The van der Waals surface area contributed by atoms with Gasteiger partial charge in [0.2, 0.25) is 5.24 Å². The van der Waals surface area contributed by atoms with Gasteiger partial charge in [0, 0.05) is 4.47 Å². The number of nitrogens with zero attached hydrogens (tertiary/aromatic N) is 1. The van der Waals surface area contributed by atoms with Gasteiger partial charge < -0.3 is 0 Å². The minimum atomic E-state index is -4.15. The number of carbonyl (C=O) groups is 1. The van der Waals surface area contributed by atoms with Crippen molar-refractivity contribution >= 4 is 83.3 Å². The van der Waals surface area contributed by atoms with Gasteiger partial charge in [-0.25, -0.2) is 8.42 Å². The van der Waals surface area contributed by atoms with E-state index in [9.17, 15) is 13.2 Å². The van der Waals surface area contributed by atoms with E-state index in [2.05, 4.69) is 15.9 Å². The third-order valence-electron chi connectivity index (χ3n) is 3.28. The first kappa shape index (κ1) is 20.8. The molecule has 10 heteroatoms. The number of hydrogen-bond donors (Lipinski definition) is 0. The molecular formula is C15H10BrCl4NO3S. The zero-order valence-corrected chi connectivity index (χ0v) is 17.9. The fourth-order valence-corrected chi connectivity index (χ4v) is 4.77. The quantitative estimate of drug-likeness (QED) is 0.383. The Balaban J connectivity index is 2.71. The van der Waals surface area contributed by atoms with Crippen LogP contribution in [0.3, 0.4) is 0 Å². The Hall–Kier alpha value is -0.500. The van der Waals surface area contributed by atoms with Crippen molar-refractivity contribution < 1.29 is 13.2 Å². The van der Waals surface area contributed by atoms with Crippen LogP contribution in [0.5, 0.6) is 0 Å². The summed E-state index contributed by atoms with van der Waals surface area (Å²) in [7, 11) is -4.15. The summed E-state index contributed by atoms with van der Waals surface area (Å²) >= 11 is 26.8. The molecule has 4 nitrogen and oxygen atoms in total. The molecule has 0 radical (unpaired) electrons. The van der Waals surface area contributed by atoms with Crippen LogP contribution in [0.1, 0.15) is 6.92 Å². The number of benzene rings is 2. The number of anilines is 1. The van der Waals surface area contributed by atoms with Crippen LogP contribution in [0.4, 0.5) is 5.69 Å². The molecule has 0 aromatic heterocycles. The van der Waals surface area contributed by atoms with Gasteiger partial charge in [0.25, 0.3) is 10.0 Å². The van der Waals surface area contributed by atoms with E-state index in [1.807, 2.05) is 0 Å². The largest absolute Gasteiger partial charge is 0.279 e. The molecule has 134 valence electrons. The minimum Gasteiger partial charge on any atom is -0.279 e. The maximum absolute atomic E-state index is 13.1. The number of halogens is 5. The van der Waals surface area contributed by atoms with Crippen molar-refractivity contribution in [2.75, 3.05) is 4.31 Å². The molecule has 0 saturated carbocycles. The second kappa shape index (κ2) is 8.03. The highest BCUT2D eigenvalue weighted by atomic mass is 79.9. The molecule has 0 aliphatic rings. The van der Waals surface area contributed by atoms with E-state index in [-0.39, 0.29) is 25.7 Å². The number of rotatable bonds is 5. The van der Waals surface area contributed by atoms with Crippen molar-refractivity contribution in [2.45, 2.75) is 17.9 Å². The smallest absolute Gasteiger partial charge is 0.265 e. The van der Waals surface area contributed by atoms with Crippen molar-refractivity contribution in [1.82, 2.24) is 0 Å². The van der Waals surface area contributed by atoms with Gasteiger partial charge in [-0.15, -0.1) is 0 Å². The fraction of sp³-hybridized carbons (Fsp3) is 0.133. The molecule has 25 heavy (non-hydrogen) atoms. The van der Waals surface area contributed by atoms with Crippen LogP contribution in [0.2, 0.25) is 15.1 Å². The SMILES string of the molecule is CC(C(=O)Cl)N(c1cc(Cl)c(Cl)cc1Cl)S(=O)(=O)c1ccc(Br)cc1. The number of carbonyl (C=O) groups excluding carboxylic acids is 1. The molecule has 0 aliphatic heterocycles. The lowest BCUT2D eigenvalue weighted by molar-refractivity contribution is -0.112. The molecule has 2 aromatic rings. The standard InChI is InChI=1S/C15H10BrCl4NO3S/c1-8(15(20)22)21(14-7-12(18)11(17)6-13(14)19)25(23,24)10-4-2-9(16)3-5-10/h2-8H,1H3. The topological polar surface area (TPSA) is 54.5 Å². The van der Waals surface area contributed by atoms with Crippen LogP contribution in [0.15, 0.2) is 45.8 Å². The number of hydrogen-bond acceptors (Lipinski definition) is 3. The molecule has 0 amide bonds. The lowest BCUT2D eigenvalue weighted by Crippen LogP contribution is -2.42. The third kappa shape index (κ3) is 4.43. The van der Waals surface area contributed by atoms with E-state index in [4.69, 9.17) is 46.4 Å². The van der Waals surface area contributed by atoms with Crippen molar-refractivity contribution in [2.24, 2.45) is 0 Å². The first-order valence-corrected chi connectivity index (χ1v) is 10.4. The fourth-order valence-electron chi connectivity index (χ4n) is 2.04. The lowest BCUT2D eigenvalue weighted by Gasteiger charge is -2.29. The van der Waals surface area contributed by atoms with Crippen molar-refractivity contribution in [1.29, 1.82) is 0 Å². The van der Waals surface area contributed by atoms with Crippen LogP contribution in [0.25, 0.3) is 0 Å². The Labute approximate surface area is 173 Å². The van der Waals surface area contributed by atoms with Crippen molar-refractivity contribution in [3.63, 3.8) is 0 Å². The van der Waals surface area contributed by atoms with Crippen LogP contribution < -0.4 is 4.31 Å². The van der Waals surface area contributed by atoms with Gasteiger partial charge in [-0.2, -0.15) is 0 Å². The van der Waals surface area contributed by atoms with Crippen LogP contribution in [-0.4, -0.2) is 19.7 Å². The van der Waals surface area contributed by atoms with Crippen LogP contribution in [0, 0.1) is 0 Å². The first-order chi connectivity index (χ1) is 11.6. The summed E-state index contributed by atoms with van der Waals surface area (Å²) in [4.78, 5) is 11.7. The average Bonchev–Trinajstić information content (AvgIpc) is 2.52. The Kier molecular flexibility index (Phi) is 6.68. The minimum absolute atomic E-state index is 0.000449. The van der Waals surface area contributed by atoms with Gasteiger partial charge in [0.05, 0.1) is 25.7 Å². The Morgan fingerprint density at radius 1 is 1.04 bits per heavy atom. The zero-order valence-electron chi connectivity index (χ0n) is 12.5. The highest BCUT2D eigenvalue weighted by Crippen LogP contribution is 2.38. The third-order valence-corrected chi connectivity index (χ3v) is 7.05. The van der Waals surface area contributed by atoms with E-state index in [0.717, 1.165) is 4.31 Å². The molecule has 1 unspecified atom stereocenters. The lowest BCUT2D eigenvalue weighted by atomic mass is 10.2. The molecule has 2 aromatic carbocycles. The maximum atomic E-state index is 13.1. The van der Waals surface area contributed by atoms with Gasteiger partial charge in [0.1, 0.15) is 6.04 Å². The molecular weight excluding hydrogens is 496 g/mol. The molecule has 0 heterocycles. The molecule has 1 atom stereocenters. The van der Waals surface area contributed by atoms with Gasteiger partial charge in [-0.1, -0.05) is 50.7 Å². The predicted molar refractivity (Wildman–Crippen MR) is 106 cm³/mol.